The quantitative estimate of drug-likeness (QED) is 0.722. The van der Waals surface area contributed by atoms with E-state index in [1.165, 1.54) is 24.8 Å². The third-order valence-corrected chi connectivity index (χ3v) is 5.17. The van der Waals surface area contributed by atoms with Crippen molar-refractivity contribution in [1.82, 2.24) is 4.90 Å². The van der Waals surface area contributed by atoms with E-state index in [2.05, 4.69) is 30.9 Å². The van der Waals surface area contributed by atoms with Crippen molar-refractivity contribution in [3.63, 3.8) is 0 Å². The lowest BCUT2D eigenvalue weighted by molar-refractivity contribution is 0.0656. The van der Waals surface area contributed by atoms with E-state index in [9.17, 15) is 4.79 Å². The van der Waals surface area contributed by atoms with Crippen LogP contribution in [0.1, 0.15) is 67.8 Å². The Morgan fingerprint density at radius 3 is 2.35 bits per heavy atom. The van der Waals surface area contributed by atoms with E-state index in [4.69, 9.17) is 0 Å². The van der Waals surface area contributed by atoms with Crippen LogP contribution in [0, 0.1) is 0 Å². The van der Waals surface area contributed by atoms with Gasteiger partial charge in [-0.3, -0.25) is 9.69 Å². The Labute approximate surface area is 123 Å². The summed E-state index contributed by atoms with van der Waals surface area (Å²) in [7, 11) is 4.03. The molecule has 0 saturated heterocycles. The molecule has 1 aliphatic carbocycles. The van der Waals surface area contributed by atoms with Crippen LogP contribution in [-0.2, 0) is 0 Å². The molecule has 2 heteroatoms. The lowest BCUT2D eigenvalue weighted by Gasteiger charge is -2.37. The van der Waals surface area contributed by atoms with Crippen molar-refractivity contribution in [1.29, 1.82) is 0 Å². The fourth-order valence-electron chi connectivity index (χ4n) is 3.35. The van der Waals surface area contributed by atoms with E-state index < -0.39 is 0 Å². The molecule has 2 nitrogen and oxygen atoms in total. The van der Waals surface area contributed by atoms with E-state index >= 15 is 0 Å². The fraction of sp³-hybridized carbons (Fsp3) is 0.611. The van der Waals surface area contributed by atoms with E-state index in [-0.39, 0.29) is 11.3 Å². The van der Waals surface area contributed by atoms with Gasteiger partial charge < -0.3 is 0 Å². The molecule has 2 rings (SSSR count). The van der Waals surface area contributed by atoms with Gasteiger partial charge in [0.2, 0.25) is 0 Å². The maximum atomic E-state index is 13.0. The molecule has 1 saturated carbocycles. The number of hydrogen-bond donors (Lipinski definition) is 0. The number of hydrogen-bond acceptors (Lipinski definition) is 2. The predicted octanol–water partition coefficient (Wildman–Crippen LogP) is 4.26. The molecular weight excluding hydrogens is 246 g/mol. The smallest absolute Gasteiger partial charge is 0.183 e. The maximum absolute atomic E-state index is 13.0. The molecule has 0 amide bonds. The second-order valence-electron chi connectivity index (χ2n) is 6.22. The zero-order chi connectivity index (χ0) is 14.8. The van der Waals surface area contributed by atoms with Crippen molar-refractivity contribution in [2.75, 3.05) is 14.1 Å². The SMILES string of the molecule is CCC(CC)(C(=O)c1cccc(C2CCC2)c1)N(C)C. The minimum atomic E-state index is -0.363. The van der Waals surface area contributed by atoms with Crippen LogP contribution in [0.5, 0.6) is 0 Å². The van der Waals surface area contributed by atoms with Crippen LogP contribution in [0.2, 0.25) is 0 Å². The number of benzene rings is 1. The second-order valence-corrected chi connectivity index (χ2v) is 6.22. The normalized spacial score (nSPS) is 16.2. The first-order chi connectivity index (χ1) is 9.55. The Morgan fingerprint density at radius 2 is 1.90 bits per heavy atom. The molecule has 0 aromatic heterocycles. The van der Waals surface area contributed by atoms with Crippen molar-refractivity contribution >= 4 is 5.78 Å². The van der Waals surface area contributed by atoms with E-state index in [0.717, 1.165) is 18.4 Å². The standard InChI is InChI=1S/C18H27NO/c1-5-18(6-2,19(3)4)17(20)16-12-8-11-15(13-16)14-9-7-10-14/h8,11-14H,5-7,9-10H2,1-4H3. The zero-order valence-electron chi connectivity index (χ0n) is 13.3. The average Bonchev–Trinajstić information content (AvgIpc) is 2.38. The highest BCUT2D eigenvalue weighted by Gasteiger charge is 2.37. The number of likely N-dealkylation sites (N-methyl/N-ethyl adjacent to an activating group) is 1. The third kappa shape index (κ3) is 2.54. The minimum absolute atomic E-state index is 0.272. The van der Waals surface area contributed by atoms with Crippen molar-refractivity contribution in [2.45, 2.75) is 57.4 Å². The third-order valence-electron chi connectivity index (χ3n) is 5.17. The van der Waals surface area contributed by atoms with Crippen LogP contribution in [0.15, 0.2) is 24.3 Å². The molecule has 0 radical (unpaired) electrons. The summed E-state index contributed by atoms with van der Waals surface area (Å²) in [6.45, 7) is 4.22. The van der Waals surface area contributed by atoms with E-state index in [1.807, 2.05) is 26.2 Å². The van der Waals surface area contributed by atoms with Crippen molar-refractivity contribution in [2.24, 2.45) is 0 Å². The summed E-state index contributed by atoms with van der Waals surface area (Å²) < 4.78 is 0. The largest absolute Gasteiger partial charge is 0.297 e. The van der Waals surface area contributed by atoms with Crippen molar-refractivity contribution < 1.29 is 4.79 Å². The van der Waals surface area contributed by atoms with Gasteiger partial charge in [-0.25, -0.2) is 0 Å². The van der Waals surface area contributed by atoms with Gasteiger partial charge in [0.05, 0.1) is 5.54 Å². The number of ketones is 1. The Kier molecular flexibility index (Phi) is 4.64. The van der Waals surface area contributed by atoms with Crippen molar-refractivity contribution in [3.05, 3.63) is 35.4 Å². The topological polar surface area (TPSA) is 20.3 Å². The van der Waals surface area contributed by atoms with Gasteiger partial charge in [-0.1, -0.05) is 38.5 Å². The average molecular weight is 273 g/mol. The summed E-state index contributed by atoms with van der Waals surface area (Å²) in [6, 6.07) is 8.34. The Morgan fingerprint density at radius 1 is 1.25 bits per heavy atom. The molecule has 20 heavy (non-hydrogen) atoms. The highest BCUT2D eigenvalue weighted by Crippen LogP contribution is 2.37. The summed E-state index contributed by atoms with van der Waals surface area (Å²) in [5.74, 6) is 0.952. The predicted molar refractivity (Wildman–Crippen MR) is 84.4 cm³/mol. The van der Waals surface area contributed by atoms with Gasteiger partial charge in [0, 0.05) is 5.56 Å². The maximum Gasteiger partial charge on any atom is 0.183 e. The highest BCUT2D eigenvalue weighted by atomic mass is 16.1. The van der Waals surface area contributed by atoms with Crippen LogP contribution in [0.3, 0.4) is 0 Å². The molecular formula is C18H27NO. The number of Topliss-reactive ketones (excluding diaryl/α,β-unsaturated/α-hetero) is 1. The summed E-state index contributed by atoms with van der Waals surface area (Å²) >= 11 is 0. The van der Waals surface area contributed by atoms with Crippen LogP contribution < -0.4 is 0 Å². The van der Waals surface area contributed by atoms with Gasteiger partial charge in [-0.15, -0.1) is 0 Å². The molecule has 1 aromatic carbocycles. The Bertz CT molecular complexity index is 470. The Balaban J connectivity index is 2.31. The van der Waals surface area contributed by atoms with Crippen LogP contribution in [-0.4, -0.2) is 30.3 Å². The Hall–Kier alpha value is -1.15. The zero-order valence-corrected chi connectivity index (χ0v) is 13.3. The first-order valence-electron chi connectivity index (χ1n) is 7.87. The number of carbonyl (C=O) groups is 1. The minimum Gasteiger partial charge on any atom is -0.297 e. The number of nitrogens with zero attached hydrogens (tertiary/aromatic N) is 1. The molecule has 0 bridgehead atoms. The molecule has 1 aromatic rings. The van der Waals surface area contributed by atoms with Gasteiger partial charge in [-0.05, 0) is 57.3 Å². The summed E-state index contributed by atoms with van der Waals surface area (Å²) in [5, 5.41) is 0. The number of rotatable bonds is 6. The van der Waals surface area contributed by atoms with E-state index in [0.29, 0.717) is 5.92 Å². The second kappa shape index (κ2) is 6.09. The summed E-state index contributed by atoms with van der Waals surface area (Å²) in [4.78, 5) is 15.1. The first kappa shape index (κ1) is 15.2. The summed E-state index contributed by atoms with van der Waals surface area (Å²) in [6.07, 6.45) is 5.58. The molecule has 0 unspecified atom stereocenters. The molecule has 0 heterocycles. The first-order valence-corrected chi connectivity index (χ1v) is 7.87. The van der Waals surface area contributed by atoms with Crippen LogP contribution >= 0.6 is 0 Å². The van der Waals surface area contributed by atoms with Crippen LogP contribution in [0.25, 0.3) is 0 Å². The highest BCUT2D eigenvalue weighted by molar-refractivity contribution is 6.03. The fourth-order valence-corrected chi connectivity index (χ4v) is 3.35. The van der Waals surface area contributed by atoms with Gasteiger partial charge in [0.25, 0.3) is 0 Å². The van der Waals surface area contributed by atoms with Gasteiger partial charge in [0.1, 0.15) is 0 Å². The molecule has 1 fully saturated rings. The monoisotopic (exact) mass is 273 g/mol. The lowest BCUT2D eigenvalue weighted by Crippen LogP contribution is -2.50. The van der Waals surface area contributed by atoms with Gasteiger partial charge >= 0.3 is 0 Å². The van der Waals surface area contributed by atoms with Crippen LogP contribution in [0.4, 0.5) is 0 Å². The van der Waals surface area contributed by atoms with Crippen molar-refractivity contribution in [3.8, 4) is 0 Å². The molecule has 0 N–H and O–H groups in total. The molecule has 0 atom stereocenters. The lowest BCUT2D eigenvalue weighted by atomic mass is 9.78. The van der Waals surface area contributed by atoms with Gasteiger partial charge in [0.15, 0.2) is 5.78 Å². The molecule has 110 valence electrons. The molecule has 1 aliphatic rings. The molecule has 0 aliphatic heterocycles. The van der Waals surface area contributed by atoms with E-state index in [1.54, 1.807) is 0 Å². The summed E-state index contributed by atoms with van der Waals surface area (Å²) in [5.41, 5.74) is 1.87. The number of carbonyl (C=O) groups excluding carboxylic acids is 1. The van der Waals surface area contributed by atoms with Gasteiger partial charge in [-0.2, -0.15) is 0 Å². The molecule has 0 spiro atoms.